The van der Waals surface area contributed by atoms with Crippen LogP contribution in [0.25, 0.3) is 0 Å². The summed E-state index contributed by atoms with van der Waals surface area (Å²) in [6.45, 7) is -4.46. The zero-order chi connectivity index (χ0) is 35.8. The normalized spacial score (nSPS) is 11.8. The van der Waals surface area contributed by atoms with Gasteiger partial charge in [0.1, 0.15) is 24.7 Å². The number of carboxylic acid groups (broad SMARTS) is 6. The first kappa shape index (κ1) is 39.4. The molecule has 0 heterocycles. The molecule has 0 amide bonds. The highest BCUT2D eigenvalue weighted by Gasteiger charge is 2.28. The summed E-state index contributed by atoms with van der Waals surface area (Å²) in [5, 5.41) is 56.3. The van der Waals surface area contributed by atoms with Crippen molar-refractivity contribution in [1.29, 1.82) is 0 Å². The van der Waals surface area contributed by atoms with Crippen LogP contribution in [0.1, 0.15) is 11.1 Å². The number of hydrogen-bond acceptors (Lipinski definition) is 11. The summed E-state index contributed by atoms with van der Waals surface area (Å²) < 4.78 is 12.6. The van der Waals surface area contributed by atoms with Gasteiger partial charge in [-0.3, -0.25) is 43.5 Å². The van der Waals surface area contributed by atoms with Crippen LogP contribution < -0.4 is 9.47 Å². The molecule has 0 radical (unpaired) electrons. The number of aliphatic carboxylic acids is 6. The van der Waals surface area contributed by atoms with Crippen LogP contribution in [-0.4, -0.2) is 146 Å². The molecule has 0 spiro atoms. The van der Waals surface area contributed by atoms with Crippen LogP contribution in [0.15, 0.2) is 46.9 Å². The van der Waals surface area contributed by atoms with Crippen molar-refractivity contribution in [2.24, 2.45) is 0 Å². The molecule has 2 aromatic carbocycles. The summed E-state index contributed by atoms with van der Waals surface area (Å²) in [6, 6.07) is 10.7. The Morgan fingerprint density at radius 2 is 1.17 bits per heavy atom. The summed E-state index contributed by atoms with van der Waals surface area (Å²) >= 11 is 3.35. The van der Waals surface area contributed by atoms with E-state index in [-0.39, 0.29) is 37.6 Å². The summed E-state index contributed by atoms with van der Waals surface area (Å²) in [5.74, 6) is -7.52. The van der Waals surface area contributed by atoms with Crippen molar-refractivity contribution in [3.63, 3.8) is 0 Å². The van der Waals surface area contributed by atoms with E-state index >= 15 is 0 Å². The van der Waals surface area contributed by atoms with Crippen molar-refractivity contribution >= 4 is 51.7 Å². The lowest BCUT2D eigenvalue weighted by Crippen LogP contribution is -2.52. The highest BCUT2D eigenvalue weighted by molar-refractivity contribution is 9.10. The predicted octanol–water partition coefficient (Wildman–Crippen LogP) is 0.732. The highest BCUT2D eigenvalue weighted by atomic mass is 79.9. The second-order valence-corrected chi connectivity index (χ2v) is 11.5. The van der Waals surface area contributed by atoms with E-state index in [9.17, 15) is 49.2 Å². The third-order valence-electron chi connectivity index (χ3n) is 6.59. The Morgan fingerprint density at radius 3 is 1.69 bits per heavy atom. The third kappa shape index (κ3) is 15.7. The lowest BCUT2D eigenvalue weighted by atomic mass is 10.1. The first-order valence-electron chi connectivity index (χ1n) is 14.2. The molecule has 0 aliphatic heterocycles. The molecule has 262 valence electrons. The van der Waals surface area contributed by atoms with Gasteiger partial charge < -0.3 is 40.1 Å². The Kier molecular flexibility index (Phi) is 16.2. The van der Waals surface area contributed by atoms with Gasteiger partial charge in [0.2, 0.25) is 0 Å². The number of rotatable bonds is 24. The van der Waals surface area contributed by atoms with Gasteiger partial charge in [-0.2, -0.15) is 0 Å². The van der Waals surface area contributed by atoms with Gasteiger partial charge in [-0.1, -0.05) is 28.1 Å². The van der Waals surface area contributed by atoms with E-state index in [0.29, 0.717) is 5.75 Å². The van der Waals surface area contributed by atoms with Gasteiger partial charge in [-0.15, -0.1) is 0 Å². The summed E-state index contributed by atoms with van der Waals surface area (Å²) in [6.07, 6.45) is -0.489. The monoisotopic (exact) mass is 741 g/mol. The SMILES string of the molecule is O=C(O)Cc1cc(OCc2ccc(Br)cc2)ccc1OCC(CN(CCN(CC(=O)O)CC(=O)O)CC(=O)O)N(CC(=O)O)CC(=O)O. The largest absolute Gasteiger partial charge is 0.492 e. The minimum Gasteiger partial charge on any atom is -0.492 e. The number of halogens is 1. The van der Waals surface area contributed by atoms with Crippen molar-refractivity contribution in [1.82, 2.24) is 14.7 Å². The molecule has 17 nitrogen and oxygen atoms in total. The summed E-state index contributed by atoms with van der Waals surface area (Å²) in [7, 11) is 0. The fraction of sp³-hybridized carbons (Fsp3) is 0.400. The Balaban J connectivity index is 2.35. The van der Waals surface area contributed by atoms with Crippen LogP contribution in [0.3, 0.4) is 0 Å². The van der Waals surface area contributed by atoms with Crippen LogP contribution in [-0.2, 0) is 41.8 Å². The van der Waals surface area contributed by atoms with Crippen molar-refractivity contribution in [2.45, 2.75) is 19.1 Å². The first-order chi connectivity index (χ1) is 22.6. The predicted molar refractivity (Wildman–Crippen MR) is 168 cm³/mol. The number of carboxylic acids is 6. The van der Waals surface area contributed by atoms with Crippen molar-refractivity contribution < 1.29 is 68.9 Å². The Bertz CT molecular complexity index is 1410. The van der Waals surface area contributed by atoms with E-state index in [2.05, 4.69) is 15.9 Å². The maximum absolute atomic E-state index is 11.7. The van der Waals surface area contributed by atoms with Gasteiger partial charge in [0.25, 0.3) is 0 Å². The Morgan fingerprint density at radius 1 is 0.646 bits per heavy atom. The van der Waals surface area contributed by atoms with Crippen molar-refractivity contribution in [3.05, 3.63) is 58.1 Å². The molecular formula is C30H36BrN3O14. The number of benzene rings is 2. The lowest BCUT2D eigenvalue weighted by molar-refractivity contribution is -0.145. The zero-order valence-corrected chi connectivity index (χ0v) is 27.2. The molecule has 1 atom stereocenters. The van der Waals surface area contributed by atoms with Crippen LogP contribution in [0.5, 0.6) is 11.5 Å². The molecule has 0 fully saturated rings. The molecule has 0 aliphatic carbocycles. The number of hydrogen-bond donors (Lipinski definition) is 6. The van der Waals surface area contributed by atoms with Crippen LogP contribution in [0.2, 0.25) is 0 Å². The minimum absolute atomic E-state index is 0.0721. The van der Waals surface area contributed by atoms with Crippen molar-refractivity contribution in [2.75, 3.05) is 59.0 Å². The molecule has 48 heavy (non-hydrogen) atoms. The maximum atomic E-state index is 11.7. The van der Waals surface area contributed by atoms with Gasteiger partial charge in [0.05, 0.1) is 45.2 Å². The average Bonchev–Trinajstić information content (AvgIpc) is 2.96. The molecule has 0 aliphatic rings. The minimum atomic E-state index is -1.39. The third-order valence-corrected chi connectivity index (χ3v) is 7.12. The number of nitrogens with zero attached hydrogens (tertiary/aromatic N) is 3. The number of carbonyl (C=O) groups is 6. The molecule has 6 N–H and O–H groups in total. The van der Waals surface area contributed by atoms with Gasteiger partial charge in [0.15, 0.2) is 0 Å². The van der Waals surface area contributed by atoms with E-state index in [1.165, 1.54) is 23.1 Å². The molecule has 0 aromatic heterocycles. The molecular weight excluding hydrogens is 706 g/mol. The van der Waals surface area contributed by atoms with Crippen LogP contribution in [0.4, 0.5) is 0 Å². The van der Waals surface area contributed by atoms with E-state index in [1.807, 2.05) is 24.3 Å². The van der Waals surface area contributed by atoms with Gasteiger partial charge >= 0.3 is 35.8 Å². The molecule has 1 unspecified atom stereocenters. The van der Waals surface area contributed by atoms with Crippen LogP contribution in [0, 0.1) is 0 Å². The second-order valence-electron chi connectivity index (χ2n) is 10.5. The molecule has 0 bridgehead atoms. The second kappa shape index (κ2) is 19.8. The van der Waals surface area contributed by atoms with Gasteiger partial charge in [-0.25, -0.2) is 0 Å². The fourth-order valence-corrected chi connectivity index (χ4v) is 4.82. The molecule has 18 heteroatoms. The average molecular weight is 743 g/mol. The smallest absolute Gasteiger partial charge is 0.317 e. The first-order valence-corrected chi connectivity index (χ1v) is 15.0. The zero-order valence-electron chi connectivity index (χ0n) is 25.6. The van der Waals surface area contributed by atoms with Crippen molar-refractivity contribution in [3.8, 4) is 11.5 Å². The van der Waals surface area contributed by atoms with Gasteiger partial charge in [-0.05, 0) is 35.9 Å². The van der Waals surface area contributed by atoms with E-state index in [4.69, 9.17) is 19.7 Å². The van der Waals surface area contributed by atoms with Crippen LogP contribution >= 0.6 is 15.9 Å². The van der Waals surface area contributed by atoms with E-state index < -0.39 is 87.6 Å². The molecule has 2 aromatic rings. The van der Waals surface area contributed by atoms with E-state index in [0.717, 1.165) is 19.8 Å². The standard InChI is InChI=1S/C30H36BrN3O14/c31-21-3-1-19(2-4-21)17-47-23-5-6-24(20(9-23)10-25(35)36)48-18-22(34(15-29(43)44)16-30(45)46)11-32(12-26(37)38)7-8-33(13-27(39)40)14-28(41)42/h1-6,9,22H,7-8,10-18H2,(H,35,36)(H,37,38)(H,39,40)(H,41,42)(H,43,44)(H,45,46). The Hall–Kier alpha value is -4.78. The lowest BCUT2D eigenvalue weighted by Gasteiger charge is -2.34. The number of ether oxygens (including phenoxy) is 2. The molecule has 0 saturated heterocycles. The van der Waals surface area contributed by atoms with E-state index in [1.54, 1.807) is 0 Å². The quantitative estimate of drug-likeness (QED) is 0.0867. The molecule has 2 rings (SSSR count). The summed E-state index contributed by atoms with van der Waals surface area (Å²) in [4.78, 5) is 72.4. The molecule has 0 saturated carbocycles. The fourth-order valence-electron chi connectivity index (χ4n) is 4.56. The topological polar surface area (TPSA) is 252 Å². The van der Waals surface area contributed by atoms with Gasteiger partial charge in [0, 0.05) is 29.7 Å². The summed E-state index contributed by atoms with van der Waals surface area (Å²) in [5.41, 5.74) is 1.04. The highest BCUT2D eigenvalue weighted by Crippen LogP contribution is 2.26. The maximum Gasteiger partial charge on any atom is 0.317 e. The Labute approximate surface area is 282 Å².